The van der Waals surface area contributed by atoms with Crippen LogP contribution in [-0.2, 0) is 4.79 Å². The van der Waals surface area contributed by atoms with Crippen LogP contribution in [0.1, 0.15) is 39.5 Å². The molecule has 3 heteroatoms. The summed E-state index contributed by atoms with van der Waals surface area (Å²) >= 11 is 0. The lowest BCUT2D eigenvalue weighted by Crippen LogP contribution is -2.45. The highest BCUT2D eigenvalue weighted by molar-refractivity contribution is 5.79. The Hall–Kier alpha value is -0.570. The quantitative estimate of drug-likeness (QED) is 0.787. The number of nitrogens with one attached hydrogen (secondary N) is 1. The van der Waals surface area contributed by atoms with Crippen LogP contribution in [-0.4, -0.2) is 36.5 Å². The van der Waals surface area contributed by atoms with E-state index in [1.54, 1.807) is 0 Å². The number of amides is 1. The van der Waals surface area contributed by atoms with E-state index >= 15 is 0 Å². The minimum Gasteiger partial charge on any atom is -0.356 e. The Morgan fingerprint density at radius 2 is 2.12 bits per heavy atom. The molecule has 1 N–H and O–H groups in total. The van der Waals surface area contributed by atoms with Gasteiger partial charge in [-0.05, 0) is 52.0 Å². The highest BCUT2D eigenvalue weighted by Gasteiger charge is 2.28. The van der Waals surface area contributed by atoms with Gasteiger partial charge in [-0.3, -0.25) is 4.79 Å². The molecule has 1 saturated carbocycles. The van der Waals surface area contributed by atoms with Crippen molar-refractivity contribution in [2.75, 3.05) is 19.6 Å². The summed E-state index contributed by atoms with van der Waals surface area (Å²) in [4.78, 5) is 14.4. The molecule has 2 fully saturated rings. The maximum atomic E-state index is 12.0. The van der Waals surface area contributed by atoms with Crippen LogP contribution < -0.4 is 5.32 Å². The van der Waals surface area contributed by atoms with Crippen molar-refractivity contribution in [1.29, 1.82) is 0 Å². The minimum atomic E-state index is 0.231. The highest BCUT2D eigenvalue weighted by atomic mass is 16.1. The molecule has 1 saturated heterocycles. The molecular weight excluding hydrogens is 200 g/mol. The fraction of sp³-hybridized carbons (Fsp3) is 0.923. The van der Waals surface area contributed by atoms with Crippen LogP contribution in [0.25, 0.3) is 0 Å². The lowest BCUT2D eigenvalue weighted by atomic mass is 9.96. The van der Waals surface area contributed by atoms with E-state index in [9.17, 15) is 4.79 Å². The molecule has 1 atom stereocenters. The Labute approximate surface area is 98.6 Å². The van der Waals surface area contributed by atoms with E-state index in [-0.39, 0.29) is 11.8 Å². The zero-order valence-electron chi connectivity index (χ0n) is 10.5. The summed E-state index contributed by atoms with van der Waals surface area (Å²) in [5, 5.41) is 3.11. The van der Waals surface area contributed by atoms with Crippen molar-refractivity contribution in [3.63, 3.8) is 0 Å². The molecule has 0 radical (unpaired) electrons. The third-order valence-corrected chi connectivity index (χ3v) is 3.82. The summed E-state index contributed by atoms with van der Waals surface area (Å²) in [5.41, 5.74) is 0. The van der Waals surface area contributed by atoms with Gasteiger partial charge in [0.05, 0.1) is 5.92 Å². The van der Waals surface area contributed by atoms with E-state index < -0.39 is 0 Å². The second-order valence-electron chi connectivity index (χ2n) is 5.62. The fourth-order valence-electron chi connectivity index (χ4n) is 2.40. The summed E-state index contributed by atoms with van der Waals surface area (Å²) in [6.45, 7) is 7.45. The first-order valence-corrected chi connectivity index (χ1v) is 6.68. The largest absolute Gasteiger partial charge is 0.356 e. The molecule has 0 aromatic rings. The van der Waals surface area contributed by atoms with Gasteiger partial charge in [-0.1, -0.05) is 0 Å². The zero-order valence-corrected chi connectivity index (χ0v) is 10.5. The molecule has 0 spiro atoms. The van der Waals surface area contributed by atoms with Crippen LogP contribution in [0.15, 0.2) is 0 Å². The van der Waals surface area contributed by atoms with Crippen LogP contribution in [0.4, 0.5) is 0 Å². The molecule has 1 unspecified atom stereocenters. The van der Waals surface area contributed by atoms with Crippen molar-refractivity contribution in [3.05, 3.63) is 0 Å². The van der Waals surface area contributed by atoms with E-state index in [0.29, 0.717) is 6.04 Å². The molecule has 16 heavy (non-hydrogen) atoms. The van der Waals surface area contributed by atoms with Crippen molar-refractivity contribution >= 4 is 5.91 Å². The maximum absolute atomic E-state index is 12.0. The standard InChI is InChI=1S/C13H24N2O/c1-10(2)15-7-3-4-12(9-15)13(16)14-8-11-5-6-11/h10-12H,3-9H2,1-2H3,(H,14,16). The molecule has 2 aliphatic rings. The van der Waals surface area contributed by atoms with Gasteiger partial charge in [-0.15, -0.1) is 0 Å². The first-order chi connectivity index (χ1) is 7.66. The number of carbonyl (C=O) groups is 1. The molecule has 2 rings (SSSR count). The van der Waals surface area contributed by atoms with Crippen molar-refractivity contribution in [1.82, 2.24) is 10.2 Å². The lowest BCUT2D eigenvalue weighted by Gasteiger charge is -2.34. The zero-order chi connectivity index (χ0) is 11.5. The highest BCUT2D eigenvalue weighted by Crippen LogP contribution is 2.28. The summed E-state index contributed by atoms with van der Waals surface area (Å²) in [6, 6.07) is 0.569. The average Bonchev–Trinajstić information content (AvgIpc) is 3.10. The number of nitrogens with zero attached hydrogens (tertiary/aromatic N) is 1. The second kappa shape index (κ2) is 5.17. The van der Waals surface area contributed by atoms with Crippen molar-refractivity contribution in [3.8, 4) is 0 Å². The first-order valence-electron chi connectivity index (χ1n) is 6.68. The van der Waals surface area contributed by atoms with Crippen molar-refractivity contribution in [2.45, 2.75) is 45.6 Å². The number of likely N-dealkylation sites (tertiary alicyclic amines) is 1. The topological polar surface area (TPSA) is 32.3 Å². The molecule has 0 aromatic heterocycles. The Bertz CT molecular complexity index is 248. The number of carbonyl (C=O) groups excluding carboxylic acids is 1. The smallest absolute Gasteiger partial charge is 0.224 e. The lowest BCUT2D eigenvalue weighted by molar-refractivity contribution is -0.127. The van der Waals surface area contributed by atoms with Crippen LogP contribution in [0.2, 0.25) is 0 Å². The molecule has 1 amide bonds. The Morgan fingerprint density at radius 1 is 1.38 bits per heavy atom. The van der Waals surface area contributed by atoms with Crippen LogP contribution in [0.5, 0.6) is 0 Å². The molecule has 1 aliphatic heterocycles. The summed E-state index contributed by atoms with van der Waals surface area (Å²) in [6.07, 6.45) is 4.85. The van der Waals surface area contributed by atoms with E-state index in [2.05, 4.69) is 24.1 Å². The molecule has 1 heterocycles. The molecule has 0 bridgehead atoms. The molecular formula is C13H24N2O. The predicted molar refractivity (Wildman–Crippen MR) is 65.2 cm³/mol. The Balaban J connectivity index is 1.75. The van der Waals surface area contributed by atoms with Crippen LogP contribution in [0, 0.1) is 11.8 Å². The molecule has 0 aromatic carbocycles. The van der Waals surface area contributed by atoms with Crippen molar-refractivity contribution in [2.24, 2.45) is 11.8 Å². The fourth-order valence-corrected chi connectivity index (χ4v) is 2.40. The number of hydrogen-bond acceptors (Lipinski definition) is 2. The van der Waals surface area contributed by atoms with Gasteiger partial charge in [0.2, 0.25) is 5.91 Å². The van der Waals surface area contributed by atoms with E-state index in [4.69, 9.17) is 0 Å². The normalized spacial score (nSPS) is 27.1. The SMILES string of the molecule is CC(C)N1CCCC(C(=O)NCC2CC2)C1. The number of piperidine rings is 1. The maximum Gasteiger partial charge on any atom is 0.224 e. The first kappa shape index (κ1) is 11.9. The summed E-state index contributed by atoms with van der Waals surface area (Å²) in [5.74, 6) is 1.31. The minimum absolute atomic E-state index is 0.231. The second-order valence-corrected chi connectivity index (χ2v) is 5.62. The van der Waals surface area contributed by atoms with Crippen LogP contribution >= 0.6 is 0 Å². The van der Waals surface area contributed by atoms with Gasteiger partial charge in [0.15, 0.2) is 0 Å². The van der Waals surface area contributed by atoms with Gasteiger partial charge in [0.25, 0.3) is 0 Å². The summed E-state index contributed by atoms with van der Waals surface area (Å²) in [7, 11) is 0. The Kier molecular flexibility index (Phi) is 3.85. The van der Waals surface area contributed by atoms with Crippen LogP contribution in [0.3, 0.4) is 0 Å². The van der Waals surface area contributed by atoms with E-state index in [1.165, 1.54) is 19.3 Å². The van der Waals surface area contributed by atoms with Gasteiger partial charge in [0, 0.05) is 19.1 Å². The molecule has 1 aliphatic carbocycles. The van der Waals surface area contributed by atoms with Gasteiger partial charge >= 0.3 is 0 Å². The number of rotatable bonds is 4. The third-order valence-electron chi connectivity index (χ3n) is 3.82. The summed E-state index contributed by atoms with van der Waals surface area (Å²) < 4.78 is 0. The van der Waals surface area contributed by atoms with Gasteiger partial charge < -0.3 is 10.2 Å². The van der Waals surface area contributed by atoms with Gasteiger partial charge in [-0.25, -0.2) is 0 Å². The molecule has 92 valence electrons. The van der Waals surface area contributed by atoms with E-state index in [0.717, 1.165) is 32.0 Å². The van der Waals surface area contributed by atoms with Gasteiger partial charge in [-0.2, -0.15) is 0 Å². The average molecular weight is 224 g/mol. The third kappa shape index (κ3) is 3.21. The monoisotopic (exact) mass is 224 g/mol. The number of hydrogen-bond donors (Lipinski definition) is 1. The molecule has 3 nitrogen and oxygen atoms in total. The van der Waals surface area contributed by atoms with Gasteiger partial charge in [0.1, 0.15) is 0 Å². The van der Waals surface area contributed by atoms with E-state index in [1.807, 2.05) is 0 Å². The van der Waals surface area contributed by atoms with Crippen molar-refractivity contribution < 1.29 is 4.79 Å². The Morgan fingerprint density at radius 3 is 2.75 bits per heavy atom. The predicted octanol–water partition coefficient (Wildman–Crippen LogP) is 1.63.